The molecule has 1 saturated heterocycles. The van der Waals surface area contributed by atoms with Gasteiger partial charge in [0, 0.05) is 30.8 Å². The number of ether oxygens (including phenoxy) is 1. The van der Waals surface area contributed by atoms with Gasteiger partial charge in [-0.1, -0.05) is 36.9 Å². The van der Waals surface area contributed by atoms with Crippen LogP contribution in [0.5, 0.6) is 0 Å². The Hall–Kier alpha value is -3.31. The van der Waals surface area contributed by atoms with Gasteiger partial charge in [0.2, 0.25) is 0 Å². The third kappa shape index (κ3) is 3.66. The zero-order valence-corrected chi connectivity index (χ0v) is 17.7. The van der Waals surface area contributed by atoms with Crippen LogP contribution in [0.15, 0.2) is 66.4 Å². The SMILES string of the molecule is C=C(C)c1ccc(Cc2cc3c(=O)n(C4CCOCC4)cnc3c3ccccc23)cn1. The van der Waals surface area contributed by atoms with E-state index in [1.165, 1.54) is 0 Å². The van der Waals surface area contributed by atoms with E-state index in [2.05, 4.69) is 29.8 Å². The average Bonchev–Trinajstić information content (AvgIpc) is 2.81. The van der Waals surface area contributed by atoms with Gasteiger partial charge in [0.15, 0.2) is 0 Å². The van der Waals surface area contributed by atoms with Crippen molar-refractivity contribution in [1.82, 2.24) is 14.5 Å². The molecule has 0 unspecified atom stereocenters. The predicted molar refractivity (Wildman–Crippen MR) is 124 cm³/mol. The molecule has 2 aromatic carbocycles. The number of allylic oxidation sites excluding steroid dienone is 1. The maximum absolute atomic E-state index is 13.5. The molecular formula is C26H25N3O2. The molecule has 1 fully saturated rings. The summed E-state index contributed by atoms with van der Waals surface area (Å²) in [5, 5.41) is 2.81. The second kappa shape index (κ2) is 8.08. The summed E-state index contributed by atoms with van der Waals surface area (Å²) in [7, 11) is 0. The van der Waals surface area contributed by atoms with E-state index in [-0.39, 0.29) is 11.6 Å². The molecule has 0 radical (unpaired) electrons. The van der Waals surface area contributed by atoms with E-state index < -0.39 is 0 Å². The Morgan fingerprint density at radius 2 is 1.87 bits per heavy atom. The Morgan fingerprint density at radius 1 is 1.10 bits per heavy atom. The van der Waals surface area contributed by atoms with Crippen molar-refractivity contribution in [3.63, 3.8) is 0 Å². The van der Waals surface area contributed by atoms with Gasteiger partial charge < -0.3 is 4.74 Å². The molecule has 0 saturated carbocycles. The highest BCUT2D eigenvalue weighted by Crippen LogP contribution is 2.28. The highest BCUT2D eigenvalue weighted by Gasteiger charge is 2.19. The molecule has 3 heterocycles. The first kappa shape index (κ1) is 19.6. The van der Waals surface area contributed by atoms with Crippen LogP contribution in [0.2, 0.25) is 0 Å². The van der Waals surface area contributed by atoms with Crippen molar-refractivity contribution in [2.24, 2.45) is 0 Å². The zero-order chi connectivity index (χ0) is 21.4. The van der Waals surface area contributed by atoms with Crippen LogP contribution < -0.4 is 5.56 Å². The molecule has 0 N–H and O–H groups in total. The molecular weight excluding hydrogens is 386 g/mol. The Kier molecular flexibility index (Phi) is 5.12. The van der Waals surface area contributed by atoms with Gasteiger partial charge in [-0.15, -0.1) is 0 Å². The van der Waals surface area contributed by atoms with Crippen molar-refractivity contribution >= 4 is 27.2 Å². The number of hydrogen-bond donors (Lipinski definition) is 0. The topological polar surface area (TPSA) is 57.0 Å². The van der Waals surface area contributed by atoms with Gasteiger partial charge in [-0.05, 0) is 60.4 Å². The molecule has 0 aliphatic carbocycles. The van der Waals surface area contributed by atoms with E-state index in [4.69, 9.17) is 9.72 Å². The lowest BCUT2D eigenvalue weighted by molar-refractivity contribution is 0.0685. The highest BCUT2D eigenvalue weighted by molar-refractivity contribution is 6.06. The van der Waals surface area contributed by atoms with Gasteiger partial charge in [0.25, 0.3) is 5.56 Å². The fraction of sp³-hybridized carbons (Fsp3) is 0.269. The third-order valence-corrected chi connectivity index (χ3v) is 6.12. The molecule has 1 aliphatic heterocycles. The van der Waals surface area contributed by atoms with E-state index in [1.807, 2.05) is 37.4 Å². The summed E-state index contributed by atoms with van der Waals surface area (Å²) in [6, 6.07) is 14.4. The zero-order valence-electron chi connectivity index (χ0n) is 17.7. The molecule has 31 heavy (non-hydrogen) atoms. The lowest BCUT2D eigenvalue weighted by Gasteiger charge is -2.24. The van der Waals surface area contributed by atoms with Gasteiger partial charge in [-0.25, -0.2) is 4.98 Å². The van der Waals surface area contributed by atoms with Crippen LogP contribution in [0, 0.1) is 0 Å². The maximum atomic E-state index is 13.5. The van der Waals surface area contributed by atoms with Crippen LogP contribution in [0.1, 0.15) is 42.6 Å². The monoisotopic (exact) mass is 411 g/mol. The molecule has 0 atom stereocenters. The minimum absolute atomic E-state index is 0.0275. The van der Waals surface area contributed by atoms with Gasteiger partial charge in [-0.3, -0.25) is 14.3 Å². The van der Waals surface area contributed by atoms with E-state index in [0.717, 1.165) is 51.5 Å². The van der Waals surface area contributed by atoms with E-state index >= 15 is 0 Å². The van der Waals surface area contributed by atoms with Gasteiger partial charge in [-0.2, -0.15) is 0 Å². The highest BCUT2D eigenvalue weighted by atomic mass is 16.5. The summed E-state index contributed by atoms with van der Waals surface area (Å²) >= 11 is 0. The molecule has 1 aliphatic rings. The van der Waals surface area contributed by atoms with Crippen LogP contribution in [0.4, 0.5) is 0 Å². The Balaban J connectivity index is 1.65. The fourth-order valence-corrected chi connectivity index (χ4v) is 4.42. The van der Waals surface area contributed by atoms with Crippen molar-refractivity contribution in [1.29, 1.82) is 0 Å². The van der Waals surface area contributed by atoms with Gasteiger partial charge in [0.05, 0.1) is 22.9 Å². The third-order valence-electron chi connectivity index (χ3n) is 6.12. The standard InChI is InChI=1S/C26H25N3O2/c1-17(2)24-8-7-18(15-27-24)13-19-14-23-25(22-6-4-3-5-21(19)22)28-16-29(26(23)30)20-9-11-31-12-10-20/h3-8,14-16,20H,1,9-13H2,2H3. The molecule has 4 aromatic rings. The first-order chi connectivity index (χ1) is 15.1. The Bertz CT molecular complexity index is 1330. The van der Waals surface area contributed by atoms with E-state index in [0.29, 0.717) is 25.0 Å². The van der Waals surface area contributed by atoms with Crippen LogP contribution >= 0.6 is 0 Å². The number of fused-ring (bicyclic) bond motifs is 3. The second-order valence-corrected chi connectivity index (χ2v) is 8.29. The molecule has 0 amide bonds. The Labute approximate surface area is 181 Å². The summed E-state index contributed by atoms with van der Waals surface area (Å²) < 4.78 is 7.27. The predicted octanol–water partition coefficient (Wildman–Crippen LogP) is 4.92. The van der Waals surface area contributed by atoms with Crippen molar-refractivity contribution in [2.75, 3.05) is 13.2 Å². The summed E-state index contributed by atoms with van der Waals surface area (Å²) in [6.07, 6.45) is 5.99. The summed E-state index contributed by atoms with van der Waals surface area (Å²) in [5.74, 6) is 0. The number of benzene rings is 2. The van der Waals surface area contributed by atoms with Crippen LogP contribution in [0.3, 0.4) is 0 Å². The second-order valence-electron chi connectivity index (χ2n) is 8.29. The smallest absolute Gasteiger partial charge is 0.261 e. The van der Waals surface area contributed by atoms with Crippen LogP contribution in [-0.2, 0) is 11.2 Å². The molecule has 0 bridgehead atoms. The molecule has 0 spiro atoms. The minimum Gasteiger partial charge on any atom is -0.381 e. The maximum Gasteiger partial charge on any atom is 0.261 e. The molecule has 5 rings (SSSR count). The number of hydrogen-bond acceptors (Lipinski definition) is 4. The average molecular weight is 412 g/mol. The lowest BCUT2D eigenvalue weighted by atomic mass is 9.96. The minimum atomic E-state index is 0.0275. The van der Waals surface area contributed by atoms with Crippen LogP contribution in [0.25, 0.3) is 27.2 Å². The summed E-state index contributed by atoms with van der Waals surface area (Å²) in [5.41, 5.74) is 4.85. The number of nitrogens with zero attached hydrogens (tertiary/aromatic N) is 3. The first-order valence-electron chi connectivity index (χ1n) is 10.7. The molecule has 5 nitrogen and oxygen atoms in total. The number of aromatic nitrogens is 3. The first-order valence-corrected chi connectivity index (χ1v) is 10.7. The van der Waals surface area contributed by atoms with Crippen LogP contribution in [-0.4, -0.2) is 27.7 Å². The number of pyridine rings is 1. The Morgan fingerprint density at radius 3 is 2.58 bits per heavy atom. The van der Waals surface area contributed by atoms with Gasteiger partial charge >= 0.3 is 0 Å². The quantitative estimate of drug-likeness (QED) is 0.447. The summed E-state index contributed by atoms with van der Waals surface area (Å²) in [6.45, 7) is 7.28. The van der Waals surface area contributed by atoms with E-state index in [1.54, 1.807) is 10.9 Å². The lowest BCUT2D eigenvalue weighted by Crippen LogP contribution is -2.29. The molecule has 5 heteroatoms. The summed E-state index contributed by atoms with van der Waals surface area (Å²) in [4.78, 5) is 22.7. The number of rotatable bonds is 4. The fourth-order valence-electron chi connectivity index (χ4n) is 4.42. The largest absolute Gasteiger partial charge is 0.381 e. The normalized spacial score (nSPS) is 14.9. The molecule has 2 aromatic heterocycles. The van der Waals surface area contributed by atoms with Crippen molar-refractivity contribution < 1.29 is 4.74 Å². The van der Waals surface area contributed by atoms with Gasteiger partial charge in [0.1, 0.15) is 0 Å². The van der Waals surface area contributed by atoms with Crippen molar-refractivity contribution in [3.05, 3.63) is 88.7 Å². The van der Waals surface area contributed by atoms with Crippen molar-refractivity contribution in [2.45, 2.75) is 32.2 Å². The van der Waals surface area contributed by atoms with E-state index in [9.17, 15) is 4.79 Å². The van der Waals surface area contributed by atoms with Crippen molar-refractivity contribution in [3.8, 4) is 0 Å². The molecule has 156 valence electrons.